The second kappa shape index (κ2) is 9.53. The number of fused-ring (bicyclic) bond motifs is 10. The number of ketones is 2. The first kappa shape index (κ1) is 26.4. The summed E-state index contributed by atoms with van der Waals surface area (Å²) in [6.07, 6.45) is 14.5. The second-order valence-electron chi connectivity index (χ2n) is 14.7. The van der Waals surface area contributed by atoms with Crippen LogP contribution in [0.2, 0.25) is 0 Å². The molecule has 0 saturated heterocycles. The maximum atomic E-state index is 12.3. The van der Waals surface area contributed by atoms with Crippen LogP contribution in [0.25, 0.3) is 0 Å². The van der Waals surface area contributed by atoms with E-state index in [-0.39, 0.29) is 10.8 Å². The van der Waals surface area contributed by atoms with Crippen LogP contribution in [0, 0.1) is 42.4 Å². The number of carbonyl (C=O) groups is 2. The summed E-state index contributed by atoms with van der Waals surface area (Å²) in [5, 5.41) is 0. The van der Waals surface area contributed by atoms with E-state index in [1.807, 2.05) is 0 Å². The van der Waals surface area contributed by atoms with Crippen molar-refractivity contribution in [3.63, 3.8) is 0 Å². The summed E-state index contributed by atoms with van der Waals surface area (Å²) in [6.45, 7) is 8.84. The molecule has 6 aliphatic carbocycles. The Bertz CT molecular complexity index is 1410. The van der Waals surface area contributed by atoms with Gasteiger partial charge in [0.15, 0.2) is 0 Å². The Morgan fingerprint density at radius 2 is 1.38 bits per heavy atom. The highest BCUT2D eigenvalue weighted by Gasteiger charge is 2.55. The van der Waals surface area contributed by atoms with Crippen LogP contribution in [0.5, 0.6) is 0 Å². The summed E-state index contributed by atoms with van der Waals surface area (Å²) in [7, 11) is 0. The number of benzene rings is 2. The van der Waals surface area contributed by atoms with E-state index in [1.165, 1.54) is 41.5 Å². The lowest BCUT2D eigenvalue weighted by Gasteiger charge is -2.48. The van der Waals surface area contributed by atoms with E-state index in [9.17, 15) is 9.59 Å². The molecule has 0 amide bonds. The minimum Gasteiger partial charge on any atom is -0.299 e. The highest BCUT2D eigenvalue weighted by molar-refractivity contribution is 5.88. The first-order valence-corrected chi connectivity index (χ1v) is 16.1. The van der Waals surface area contributed by atoms with E-state index < -0.39 is 0 Å². The lowest BCUT2D eigenvalue weighted by Crippen LogP contribution is -2.42. The third kappa shape index (κ3) is 3.95. The Kier molecular flexibility index (Phi) is 6.30. The molecule has 4 fully saturated rings. The quantitative estimate of drug-likeness (QED) is 0.317. The first-order valence-electron chi connectivity index (χ1n) is 16.1. The molecule has 0 spiro atoms. The zero-order valence-electron chi connectivity index (χ0n) is 25.0. The van der Waals surface area contributed by atoms with Gasteiger partial charge in [-0.1, -0.05) is 73.0 Å². The Morgan fingerprint density at radius 1 is 0.700 bits per heavy atom. The van der Waals surface area contributed by atoms with Gasteiger partial charge < -0.3 is 0 Å². The molecule has 0 N–H and O–H groups in total. The summed E-state index contributed by atoms with van der Waals surface area (Å²) in [5.41, 5.74) is 10.5. The molecule has 0 aromatic heterocycles. The fourth-order valence-corrected chi connectivity index (χ4v) is 10.4. The molecule has 0 unspecified atom stereocenters. The summed E-state index contributed by atoms with van der Waals surface area (Å²) >= 11 is 0. The minimum absolute atomic E-state index is 0.0172. The lowest BCUT2D eigenvalue weighted by molar-refractivity contribution is -0.129. The summed E-state index contributed by atoms with van der Waals surface area (Å²) in [6, 6.07) is 14.0. The number of carbonyl (C=O) groups excluding carboxylic acids is 2. The van der Waals surface area contributed by atoms with Crippen LogP contribution in [0.4, 0.5) is 0 Å². The van der Waals surface area contributed by atoms with Crippen LogP contribution in [0.3, 0.4) is 0 Å². The van der Waals surface area contributed by atoms with Crippen molar-refractivity contribution in [2.24, 2.45) is 28.6 Å². The Morgan fingerprint density at radius 3 is 2.17 bits per heavy atom. The average molecular weight is 535 g/mol. The standard InChI is InChI=1S/C19H24O.C19H22O/c2*1-12-3-5-14-13(11-12)4-6-16-15(14)9-10-19(2)17(16)7-8-18(19)20/h3,5,11,15-17H,4,6-10H2,1-2H3;3,5-6,11,15,17H,4,7-10H2,1-2H3/t15-,16-,17+,19+;15-,17+,19+/m11/s1. The number of Topliss-reactive ketones (excluding diaryl/α,β-unsaturated/α-hetero) is 2. The molecule has 2 nitrogen and oxygen atoms in total. The van der Waals surface area contributed by atoms with Gasteiger partial charge in [0.1, 0.15) is 11.6 Å². The number of allylic oxidation sites excluding steroid dienone is 2. The molecule has 6 aliphatic rings. The molecule has 7 atom stereocenters. The van der Waals surface area contributed by atoms with Crippen molar-refractivity contribution < 1.29 is 9.59 Å². The van der Waals surface area contributed by atoms with Gasteiger partial charge in [0.2, 0.25) is 0 Å². The van der Waals surface area contributed by atoms with Crippen molar-refractivity contribution in [2.45, 2.75) is 110 Å². The number of rotatable bonds is 0. The molecule has 2 aromatic carbocycles. The van der Waals surface area contributed by atoms with Crippen LogP contribution in [-0.2, 0) is 22.4 Å². The molecule has 0 radical (unpaired) electrons. The maximum Gasteiger partial charge on any atom is 0.139 e. The van der Waals surface area contributed by atoms with E-state index in [0.717, 1.165) is 63.2 Å². The molecule has 8 rings (SSSR count). The second-order valence-corrected chi connectivity index (χ2v) is 14.7. The average Bonchev–Trinajstić information content (AvgIpc) is 3.43. The van der Waals surface area contributed by atoms with Crippen LogP contribution < -0.4 is 0 Å². The van der Waals surface area contributed by atoms with Crippen LogP contribution in [0.1, 0.15) is 117 Å². The normalized spacial score (nSPS) is 37.1. The highest BCUT2D eigenvalue weighted by atomic mass is 16.1. The SMILES string of the molecule is Cc1ccc2c(c1)CC=C1[C@@H]2CC[C@]2(C)C(=O)CC[C@@H]12.Cc1ccc2c(c1)CC[C@@H]1[C@@H]2CC[C@]2(C)C(=O)CC[C@@H]12. The molecule has 0 heterocycles. The van der Waals surface area contributed by atoms with E-state index in [4.69, 9.17) is 0 Å². The Balaban J connectivity index is 0.000000132. The van der Waals surface area contributed by atoms with Crippen LogP contribution in [-0.4, -0.2) is 11.6 Å². The molecular formula is C38H46O2. The Labute approximate surface area is 241 Å². The first-order chi connectivity index (χ1) is 19.2. The lowest BCUT2D eigenvalue weighted by atomic mass is 9.55. The third-order valence-electron chi connectivity index (χ3n) is 12.6. The van der Waals surface area contributed by atoms with Gasteiger partial charge in [-0.3, -0.25) is 9.59 Å². The molecule has 4 saturated carbocycles. The number of aryl methyl sites for hydroxylation is 3. The van der Waals surface area contributed by atoms with Gasteiger partial charge in [0, 0.05) is 29.6 Å². The van der Waals surface area contributed by atoms with Crippen LogP contribution >= 0.6 is 0 Å². The number of hydrogen-bond acceptors (Lipinski definition) is 2. The molecule has 210 valence electrons. The fraction of sp³-hybridized carbons (Fsp3) is 0.579. The van der Waals surface area contributed by atoms with E-state index >= 15 is 0 Å². The van der Waals surface area contributed by atoms with Crippen molar-refractivity contribution >= 4 is 11.6 Å². The van der Waals surface area contributed by atoms with Gasteiger partial charge in [0.25, 0.3) is 0 Å². The predicted octanol–water partition coefficient (Wildman–Crippen LogP) is 8.76. The summed E-state index contributed by atoms with van der Waals surface area (Å²) in [5.74, 6) is 4.31. The molecule has 0 aliphatic heterocycles. The molecule has 2 aromatic rings. The zero-order chi connectivity index (χ0) is 27.8. The van der Waals surface area contributed by atoms with Gasteiger partial charge >= 0.3 is 0 Å². The highest BCUT2D eigenvalue weighted by Crippen LogP contribution is 2.60. The van der Waals surface area contributed by atoms with Gasteiger partial charge in [0.05, 0.1) is 0 Å². The van der Waals surface area contributed by atoms with Gasteiger partial charge in [-0.15, -0.1) is 0 Å². The molecule has 0 bridgehead atoms. The fourth-order valence-electron chi connectivity index (χ4n) is 10.4. The molecular weight excluding hydrogens is 488 g/mol. The Hall–Kier alpha value is -2.48. The number of hydrogen-bond donors (Lipinski definition) is 0. The maximum absolute atomic E-state index is 12.3. The smallest absolute Gasteiger partial charge is 0.139 e. The van der Waals surface area contributed by atoms with Crippen molar-refractivity contribution in [1.82, 2.24) is 0 Å². The third-order valence-corrected chi connectivity index (χ3v) is 12.6. The summed E-state index contributed by atoms with van der Waals surface area (Å²) < 4.78 is 0. The predicted molar refractivity (Wildman–Crippen MR) is 162 cm³/mol. The topological polar surface area (TPSA) is 34.1 Å². The van der Waals surface area contributed by atoms with E-state index in [0.29, 0.717) is 29.3 Å². The van der Waals surface area contributed by atoms with E-state index in [1.54, 1.807) is 16.7 Å². The van der Waals surface area contributed by atoms with Crippen LogP contribution in [0.15, 0.2) is 48.0 Å². The van der Waals surface area contributed by atoms with Gasteiger partial charge in [-0.25, -0.2) is 0 Å². The minimum atomic E-state index is -0.0511. The van der Waals surface area contributed by atoms with Crippen molar-refractivity contribution in [2.75, 3.05) is 0 Å². The monoisotopic (exact) mass is 534 g/mol. The molecule has 2 heteroatoms. The zero-order valence-corrected chi connectivity index (χ0v) is 25.0. The van der Waals surface area contributed by atoms with Crippen molar-refractivity contribution in [3.05, 3.63) is 81.4 Å². The van der Waals surface area contributed by atoms with Gasteiger partial charge in [-0.05, 0) is 118 Å². The largest absolute Gasteiger partial charge is 0.299 e. The summed E-state index contributed by atoms with van der Waals surface area (Å²) in [4.78, 5) is 24.6. The molecule has 40 heavy (non-hydrogen) atoms. The van der Waals surface area contributed by atoms with Crippen molar-refractivity contribution in [1.29, 1.82) is 0 Å². The van der Waals surface area contributed by atoms with E-state index in [2.05, 4.69) is 70.2 Å². The van der Waals surface area contributed by atoms with Gasteiger partial charge in [-0.2, -0.15) is 0 Å². The van der Waals surface area contributed by atoms with Crippen molar-refractivity contribution in [3.8, 4) is 0 Å².